The van der Waals surface area contributed by atoms with Crippen molar-refractivity contribution in [3.63, 3.8) is 0 Å². The lowest BCUT2D eigenvalue weighted by Crippen LogP contribution is -2.43. The number of likely N-dealkylation sites (tertiary alicyclic amines) is 2. The highest BCUT2D eigenvalue weighted by Gasteiger charge is 2.58. The van der Waals surface area contributed by atoms with E-state index < -0.39 is 46.1 Å². The van der Waals surface area contributed by atoms with Crippen LogP contribution in [0, 0.1) is 5.92 Å². The van der Waals surface area contributed by atoms with Crippen LogP contribution in [-0.2, 0) is 29.2 Å². The maximum Gasteiger partial charge on any atom is 0.335 e. The number of carbonyl (C=O) groups excluding carboxylic acids is 2. The van der Waals surface area contributed by atoms with E-state index in [1.54, 1.807) is 17.5 Å². The average Bonchev–Trinajstić information content (AvgIpc) is 3.72. The summed E-state index contributed by atoms with van der Waals surface area (Å²) in [6, 6.07) is 2.48. The molecule has 13 nitrogen and oxygen atoms in total. The number of unbranched alkanes of at least 4 members (excludes halogenated alkanes) is 2. The van der Waals surface area contributed by atoms with Crippen molar-refractivity contribution < 1.29 is 48.0 Å². The normalized spacial score (nSPS) is 23.8. The molecule has 242 valence electrons. The van der Waals surface area contributed by atoms with Crippen LogP contribution in [0.5, 0.6) is 0 Å². The maximum atomic E-state index is 13.3. The second-order valence-corrected chi connectivity index (χ2v) is 14.2. The van der Waals surface area contributed by atoms with Crippen LogP contribution < -0.4 is 0 Å². The lowest BCUT2D eigenvalue weighted by Gasteiger charge is -2.28. The van der Waals surface area contributed by atoms with E-state index in [0.29, 0.717) is 25.8 Å². The van der Waals surface area contributed by atoms with Gasteiger partial charge in [0.25, 0.3) is 10.0 Å². The van der Waals surface area contributed by atoms with Crippen LogP contribution in [0.3, 0.4) is 0 Å². The predicted molar refractivity (Wildman–Crippen MR) is 157 cm³/mol. The SMILES string of the molecule is CCC[C@H]1C(=O)N(S(=O)(=O)c2cccs2)[C@H]2CCN(C(=O)CCCCCN3CCCCC3)[C@H]12.O=C(O)C(O)C(O)C(=O)O. The van der Waals surface area contributed by atoms with Crippen molar-refractivity contribution in [3.8, 4) is 0 Å². The molecule has 0 aromatic carbocycles. The van der Waals surface area contributed by atoms with E-state index in [1.807, 2.05) is 11.8 Å². The molecule has 0 spiro atoms. The number of carboxylic acids is 2. The smallest absolute Gasteiger partial charge is 0.335 e. The van der Waals surface area contributed by atoms with Crippen molar-refractivity contribution >= 4 is 45.1 Å². The number of rotatable bonds is 13. The molecule has 43 heavy (non-hydrogen) atoms. The van der Waals surface area contributed by atoms with Crippen LogP contribution in [0.1, 0.15) is 71.1 Å². The number of carbonyl (C=O) groups is 4. The molecule has 1 aromatic heterocycles. The van der Waals surface area contributed by atoms with E-state index >= 15 is 0 Å². The molecule has 3 aliphatic rings. The Labute approximate surface area is 256 Å². The lowest BCUT2D eigenvalue weighted by atomic mass is 9.94. The monoisotopic (exact) mass is 645 g/mol. The number of aliphatic carboxylic acids is 2. The summed E-state index contributed by atoms with van der Waals surface area (Å²) in [7, 11) is -3.87. The Kier molecular flexibility index (Phi) is 12.9. The molecule has 3 aliphatic heterocycles. The van der Waals surface area contributed by atoms with Crippen molar-refractivity contribution in [2.75, 3.05) is 26.2 Å². The lowest BCUT2D eigenvalue weighted by molar-refractivity contribution is -0.165. The van der Waals surface area contributed by atoms with Gasteiger partial charge in [0.15, 0.2) is 12.2 Å². The third kappa shape index (κ3) is 8.53. The number of thiophene rings is 1. The van der Waals surface area contributed by atoms with Gasteiger partial charge < -0.3 is 30.2 Å². The van der Waals surface area contributed by atoms with E-state index in [-0.39, 0.29) is 22.1 Å². The third-order valence-corrected chi connectivity index (χ3v) is 11.4. The molecule has 0 saturated carbocycles. The first-order chi connectivity index (χ1) is 20.4. The number of nitrogens with zero attached hydrogens (tertiary/aromatic N) is 3. The molecular weight excluding hydrogens is 602 g/mol. The number of aliphatic hydroxyl groups is 2. The second kappa shape index (κ2) is 15.9. The molecule has 4 rings (SSSR count). The van der Waals surface area contributed by atoms with Crippen molar-refractivity contribution in [2.45, 2.75) is 99.6 Å². The summed E-state index contributed by atoms with van der Waals surface area (Å²) in [4.78, 5) is 50.3. The van der Waals surface area contributed by atoms with Crippen molar-refractivity contribution in [1.82, 2.24) is 14.1 Å². The Hall–Kier alpha value is -2.59. The molecule has 2 unspecified atom stereocenters. The molecule has 4 heterocycles. The fourth-order valence-electron chi connectivity index (χ4n) is 6.10. The molecule has 3 saturated heterocycles. The van der Waals surface area contributed by atoms with Crippen molar-refractivity contribution in [1.29, 1.82) is 0 Å². The highest BCUT2D eigenvalue weighted by Crippen LogP contribution is 2.42. The largest absolute Gasteiger partial charge is 0.479 e. The quantitative estimate of drug-likeness (QED) is 0.228. The number of amides is 2. The minimum absolute atomic E-state index is 0.0738. The Morgan fingerprint density at radius 2 is 1.65 bits per heavy atom. The van der Waals surface area contributed by atoms with E-state index in [1.165, 1.54) is 32.4 Å². The van der Waals surface area contributed by atoms with Gasteiger partial charge in [-0.05, 0) is 69.6 Å². The summed E-state index contributed by atoms with van der Waals surface area (Å²) >= 11 is 1.13. The van der Waals surface area contributed by atoms with Gasteiger partial charge in [-0.1, -0.05) is 32.3 Å². The number of hydrogen-bond donors (Lipinski definition) is 4. The highest BCUT2D eigenvalue weighted by molar-refractivity contribution is 7.91. The molecule has 0 radical (unpaired) electrons. The summed E-state index contributed by atoms with van der Waals surface area (Å²) in [5.41, 5.74) is 0. The van der Waals surface area contributed by atoms with Gasteiger partial charge in [-0.3, -0.25) is 9.59 Å². The van der Waals surface area contributed by atoms with Crippen LogP contribution in [0.25, 0.3) is 0 Å². The molecule has 0 aliphatic carbocycles. The zero-order valence-electron chi connectivity index (χ0n) is 24.4. The van der Waals surface area contributed by atoms with Gasteiger partial charge in [-0.2, -0.15) is 0 Å². The van der Waals surface area contributed by atoms with Crippen molar-refractivity contribution in [3.05, 3.63) is 17.5 Å². The highest BCUT2D eigenvalue weighted by atomic mass is 32.2. The van der Waals surface area contributed by atoms with E-state index in [9.17, 15) is 27.6 Å². The number of sulfonamides is 1. The Morgan fingerprint density at radius 1 is 1.00 bits per heavy atom. The van der Waals surface area contributed by atoms with E-state index in [2.05, 4.69) is 4.90 Å². The molecule has 2 amide bonds. The van der Waals surface area contributed by atoms with Crippen molar-refractivity contribution in [2.24, 2.45) is 5.92 Å². The van der Waals surface area contributed by atoms with Crippen LogP contribution in [0.2, 0.25) is 0 Å². The molecule has 4 N–H and O–H groups in total. The van der Waals surface area contributed by atoms with Gasteiger partial charge >= 0.3 is 11.9 Å². The minimum Gasteiger partial charge on any atom is -0.479 e. The summed E-state index contributed by atoms with van der Waals surface area (Å²) in [5.74, 6) is -4.23. The van der Waals surface area contributed by atoms with Gasteiger partial charge in [-0.15, -0.1) is 11.3 Å². The van der Waals surface area contributed by atoms with Gasteiger partial charge in [-0.25, -0.2) is 22.3 Å². The van der Waals surface area contributed by atoms with Gasteiger partial charge in [0.2, 0.25) is 11.8 Å². The standard InChI is InChI=1S/C24H37N3O4S2.C4H6O6/c1-2-10-19-23-20(27(24(19)29)33(30,31)22-12-9-18-32-22)13-17-26(23)21(28)11-5-3-6-14-25-15-7-4-8-16-25;5-1(3(7)8)2(6)4(9)10/h9,12,18-20,23H,2-8,10-11,13-17H2,1H3;1-2,5-6H,(H,7,8)(H,9,10)/t19-,20+,23-;/m1./s1. The zero-order valence-corrected chi connectivity index (χ0v) is 26.0. The first-order valence-corrected chi connectivity index (χ1v) is 17.2. The number of piperidine rings is 1. The minimum atomic E-state index is -3.87. The summed E-state index contributed by atoms with van der Waals surface area (Å²) in [6.07, 6.45) is 4.80. The molecule has 1 aromatic rings. The first-order valence-electron chi connectivity index (χ1n) is 14.9. The first kappa shape index (κ1) is 34.9. The number of carboxylic acid groups (broad SMARTS) is 2. The topological polar surface area (TPSA) is 193 Å². The molecule has 3 fully saturated rings. The maximum absolute atomic E-state index is 13.3. The van der Waals surface area contributed by atoms with E-state index in [0.717, 1.165) is 47.9 Å². The average molecular weight is 646 g/mol. The van der Waals surface area contributed by atoms with Gasteiger partial charge in [0, 0.05) is 13.0 Å². The Morgan fingerprint density at radius 3 is 2.21 bits per heavy atom. The molecule has 5 atom stereocenters. The van der Waals surface area contributed by atoms with Gasteiger partial charge in [0.05, 0.1) is 18.0 Å². The fraction of sp³-hybridized carbons (Fsp3) is 0.714. The van der Waals surface area contributed by atoms with Crippen LogP contribution >= 0.6 is 11.3 Å². The fourth-order valence-corrected chi connectivity index (χ4v) is 8.84. The van der Waals surface area contributed by atoms with Crippen LogP contribution in [0.4, 0.5) is 0 Å². The Balaban J connectivity index is 0.000000436. The molecular formula is C28H43N3O10S2. The summed E-state index contributed by atoms with van der Waals surface area (Å²) in [5, 5.41) is 34.2. The number of aliphatic hydroxyl groups excluding tert-OH is 2. The van der Waals surface area contributed by atoms with Crippen LogP contribution in [0.15, 0.2) is 21.7 Å². The predicted octanol–water partition coefficient (Wildman–Crippen LogP) is 1.59. The molecule has 0 bridgehead atoms. The molecule has 15 heteroatoms. The zero-order chi connectivity index (χ0) is 31.7. The Bertz CT molecular complexity index is 1190. The summed E-state index contributed by atoms with van der Waals surface area (Å²) < 4.78 is 27.8. The third-order valence-electron chi connectivity index (χ3n) is 8.21. The van der Waals surface area contributed by atoms with Crippen LogP contribution in [-0.4, -0.2) is 117 Å². The number of fused-ring (bicyclic) bond motifs is 1. The number of hydrogen-bond acceptors (Lipinski definition) is 10. The summed E-state index contributed by atoms with van der Waals surface area (Å²) in [6.45, 7) is 6.06. The van der Waals surface area contributed by atoms with Gasteiger partial charge in [0.1, 0.15) is 4.21 Å². The van der Waals surface area contributed by atoms with E-state index in [4.69, 9.17) is 20.4 Å². The second-order valence-electron chi connectivity index (χ2n) is 11.2.